The molecule has 2 rings (SSSR count). The lowest BCUT2D eigenvalue weighted by Crippen LogP contribution is -2.42. The van der Waals surface area contributed by atoms with Gasteiger partial charge in [-0.05, 0) is 19.8 Å². The molecule has 0 aliphatic carbocycles. The molecule has 0 radical (unpaired) electrons. The zero-order valence-corrected chi connectivity index (χ0v) is 14.3. The number of hydrogen-bond acceptors (Lipinski definition) is 4. The number of likely N-dealkylation sites (tertiary alicyclic amines) is 1. The molecule has 0 saturated carbocycles. The van der Waals surface area contributed by atoms with E-state index in [1.54, 1.807) is 6.92 Å². The minimum absolute atomic E-state index is 0.0746. The molecular formula is C15H17IN4O. The Hall–Kier alpha value is -1.54. The van der Waals surface area contributed by atoms with Crippen molar-refractivity contribution in [1.82, 2.24) is 10.2 Å². The van der Waals surface area contributed by atoms with Crippen LogP contribution in [0.1, 0.15) is 26.7 Å². The van der Waals surface area contributed by atoms with Crippen LogP contribution in [0.15, 0.2) is 22.5 Å². The predicted molar refractivity (Wildman–Crippen MR) is 86.9 cm³/mol. The number of dihydropyridines is 1. The topological polar surface area (TPSA) is 79.9 Å². The molecule has 1 fully saturated rings. The van der Waals surface area contributed by atoms with E-state index >= 15 is 0 Å². The molecule has 0 aromatic carbocycles. The van der Waals surface area contributed by atoms with Crippen molar-refractivity contribution < 1.29 is 4.79 Å². The average Bonchev–Trinajstić information content (AvgIpc) is 2.47. The Bertz CT molecular complexity index is 608. The summed E-state index contributed by atoms with van der Waals surface area (Å²) in [5.41, 5.74) is 2.92. The van der Waals surface area contributed by atoms with Crippen LogP contribution < -0.4 is 5.32 Å². The quantitative estimate of drug-likeness (QED) is 0.545. The van der Waals surface area contributed by atoms with Gasteiger partial charge in [0.15, 0.2) is 0 Å². The molecule has 2 unspecified atom stereocenters. The van der Waals surface area contributed by atoms with Crippen LogP contribution in [-0.2, 0) is 4.79 Å². The maximum absolute atomic E-state index is 11.6. The Balaban J connectivity index is 2.32. The number of alkyl halides is 1. The molecule has 1 saturated heterocycles. The number of carbonyl (C=O) groups excluding carboxylic acids is 1. The molecule has 1 N–H and O–H groups in total. The van der Waals surface area contributed by atoms with Gasteiger partial charge in [-0.3, -0.25) is 4.79 Å². The summed E-state index contributed by atoms with van der Waals surface area (Å²) in [4.78, 5) is 13.4. The van der Waals surface area contributed by atoms with Gasteiger partial charge in [0.25, 0.3) is 0 Å². The number of halogens is 1. The normalized spacial score (nSPS) is 26.0. The van der Waals surface area contributed by atoms with Crippen molar-refractivity contribution in [3.05, 3.63) is 22.5 Å². The molecule has 110 valence electrons. The van der Waals surface area contributed by atoms with Gasteiger partial charge in [0.1, 0.15) is 0 Å². The van der Waals surface area contributed by atoms with Gasteiger partial charge in [0.05, 0.1) is 27.2 Å². The van der Waals surface area contributed by atoms with E-state index < -0.39 is 0 Å². The van der Waals surface area contributed by atoms with Crippen molar-refractivity contribution in [2.75, 3.05) is 13.1 Å². The minimum Gasteiger partial charge on any atom is -0.361 e. The highest BCUT2D eigenvalue weighted by Crippen LogP contribution is 2.34. The summed E-state index contributed by atoms with van der Waals surface area (Å²) in [5.74, 6) is 0.218. The lowest BCUT2D eigenvalue weighted by Gasteiger charge is -2.36. The van der Waals surface area contributed by atoms with Crippen LogP contribution in [0, 0.1) is 28.6 Å². The summed E-state index contributed by atoms with van der Waals surface area (Å²) in [7, 11) is 0. The van der Waals surface area contributed by atoms with Gasteiger partial charge >= 0.3 is 0 Å². The Labute approximate surface area is 138 Å². The second-order valence-electron chi connectivity index (χ2n) is 5.38. The molecule has 2 aliphatic rings. The number of allylic oxidation sites excluding steroid dienone is 3. The van der Waals surface area contributed by atoms with Crippen molar-refractivity contribution in [2.45, 2.75) is 30.6 Å². The Morgan fingerprint density at radius 1 is 1.38 bits per heavy atom. The van der Waals surface area contributed by atoms with Gasteiger partial charge < -0.3 is 10.2 Å². The van der Waals surface area contributed by atoms with Crippen LogP contribution in [-0.4, -0.2) is 27.8 Å². The van der Waals surface area contributed by atoms with E-state index in [1.165, 1.54) is 0 Å². The first-order valence-electron chi connectivity index (χ1n) is 6.91. The fourth-order valence-electron chi connectivity index (χ4n) is 2.89. The monoisotopic (exact) mass is 396 g/mol. The van der Waals surface area contributed by atoms with Crippen LogP contribution in [0.3, 0.4) is 0 Å². The molecule has 2 heterocycles. The van der Waals surface area contributed by atoms with E-state index in [-0.39, 0.29) is 15.7 Å². The number of hydrogen-bond donors (Lipinski definition) is 1. The van der Waals surface area contributed by atoms with Crippen molar-refractivity contribution in [3.8, 4) is 12.1 Å². The Kier molecular flexibility index (Phi) is 4.89. The van der Waals surface area contributed by atoms with Gasteiger partial charge in [-0.2, -0.15) is 10.5 Å². The molecule has 0 bridgehead atoms. The summed E-state index contributed by atoms with van der Waals surface area (Å²) < 4.78 is -0.207. The molecular weight excluding hydrogens is 379 g/mol. The summed E-state index contributed by atoms with van der Waals surface area (Å²) in [6, 6.07) is 4.43. The van der Waals surface area contributed by atoms with E-state index in [0.717, 1.165) is 30.8 Å². The molecule has 6 heteroatoms. The second-order valence-corrected chi connectivity index (χ2v) is 6.63. The van der Waals surface area contributed by atoms with Crippen molar-refractivity contribution in [3.63, 3.8) is 0 Å². The van der Waals surface area contributed by atoms with Crippen molar-refractivity contribution in [1.29, 1.82) is 10.5 Å². The fraction of sp³-hybridized carbons (Fsp3) is 0.533. The van der Waals surface area contributed by atoms with Crippen molar-refractivity contribution in [2.24, 2.45) is 5.92 Å². The summed E-state index contributed by atoms with van der Waals surface area (Å²) in [5, 5.41) is 21.9. The number of carbonyl (C=O) groups is 1. The van der Waals surface area contributed by atoms with E-state index in [4.69, 9.17) is 0 Å². The SMILES string of the molecule is CC(=O)N1CCCC(C2=C(C#N)C(I)C(C#N)=C(C)N2)C1. The van der Waals surface area contributed by atoms with Gasteiger partial charge in [-0.15, -0.1) is 0 Å². The molecule has 5 nitrogen and oxygen atoms in total. The fourth-order valence-corrected chi connectivity index (χ4v) is 3.97. The van der Waals surface area contributed by atoms with Crippen LogP contribution >= 0.6 is 22.6 Å². The van der Waals surface area contributed by atoms with Gasteiger partial charge in [-0.25, -0.2) is 0 Å². The Morgan fingerprint density at radius 2 is 2.05 bits per heavy atom. The Morgan fingerprint density at radius 3 is 2.62 bits per heavy atom. The van der Waals surface area contributed by atoms with E-state index in [9.17, 15) is 15.3 Å². The summed E-state index contributed by atoms with van der Waals surface area (Å²) >= 11 is 2.14. The van der Waals surface area contributed by atoms with Crippen LogP contribution in [0.4, 0.5) is 0 Å². The smallest absolute Gasteiger partial charge is 0.219 e. The number of rotatable bonds is 1. The van der Waals surface area contributed by atoms with E-state index in [0.29, 0.717) is 17.7 Å². The molecule has 2 atom stereocenters. The van der Waals surface area contributed by atoms with Gasteiger partial charge in [0.2, 0.25) is 5.91 Å². The maximum atomic E-state index is 11.6. The maximum Gasteiger partial charge on any atom is 0.219 e. The minimum atomic E-state index is -0.207. The van der Waals surface area contributed by atoms with Crippen LogP contribution in [0.5, 0.6) is 0 Å². The zero-order valence-electron chi connectivity index (χ0n) is 12.1. The number of amides is 1. The standard InChI is InChI=1S/C15H17IN4O/c1-9-12(6-17)14(16)13(7-18)15(19-9)11-4-3-5-20(8-11)10(2)21/h11,14,19H,3-5,8H2,1-2H3. The van der Waals surface area contributed by atoms with Crippen LogP contribution in [0.2, 0.25) is 0 Å². The number of piperidine rings is 1. The number of nitrogens with one attached hydrogen (secondary N) is 1. The van der Waals surface area contributed by atoms with E-state index in [2.05, 4.69) is 40.0 Å². The third kappa shape index (κ3) is 3.06. The lowest BCUT2D eigenvalue weighted by molar-refractivity contribution is -0.130. The van der Waals surface area contributed by atoms with Crippen LogP contribution in [0.25, 0.3) is 0 Å². The van der Waals surface area contributed by atoms with E-state index in [1.807, 2.05) is 11.8 Å². The first-order valence-corrected chi connectivity index (χ1v) is 8.15. The molecule has 2 aliphatic heterocycles. The molecule has 0 spiro atoms. The highest BCUT2D eigenvalue weighted by atomic mass is 127. The number of nitrogens with zero attached hydrogens (tertiary/aromatic N) is 3. The second kappa shape index (κ2) is 6.48. The van der Waals surface area contributed by atoms with Crippen molar-refractivity contribution >= 4 is 28.5 Å². The first-order chi connectivity index (χ1) is 9.99. The number of nitriles is 2. The molecule has 0 aromatic heterocycles. The largest absolute Gasteiger partial charge is 0.361 e. The molecule has 0 aromatic rings. The third-order valence-electron chi connectivity index (χ3n) is 4.04. The average molecular weight is 396 g/mol. The summed E-state index contributed by atoms with van der Waals surface area (Å²) in [6.07, 6.45) is 1.89. The van der Waals surface area contributed by atoms with Gasteiger partial charge in [-0.1, -0.05) is 22.6 Å². The highest BCUT2D eigenvalue weighted by Gasteiger charge is 2.33. The third-order valence-corrected chi connectivity index (χ3v) is 5.28. The highest BCUT2D eigenvalue weighted by molar-refractivity contribution is 14.1. The van der Waals surface area contributed by atoms with Gasteiger partial charge in [0, 0.05) is 37.3 Å². The summed E-state index contributed by atoms with van der Waals surface area (Å²) in [6.45, 7) is 4.87. The first kappa shape index (κ1) is 15.8. The molecule has 21 heavy (non-hydrogen) atoms. The lowest BCUT2D eigenvalue weighted by atomic mass is 9.87. The zero-order chi connectivity index (χ0) is 15.6. The predicted octanol–water partition coefficient (Wildman–Crippen LogP) is 2.23. The molecule has 1 amide bonds.